The van der Waals surface area contributed by atoms with Crippen LogP contribution in [0.3, 0.4) is 0 Å². The number of allylic oxidation sites excluding steroid dienone is 3. The Hall–Kier alpha value is -1.02. The third-order valence-electron chi connectivity index (χ3n) is 17.2. The smallest absolute Gasteiger partial charge is 0.387 e. The van der Waals surface area contributed by atoms with Gasteiger partial charge in [-0.25, -0.2) is 4.57 Å². The van der Waals surface area contributed by atoms with Crippen LogP contribution in [0.15, 0.2) is 24.3 Å². The molecule has 0 radical (unpaired) electrons. The average molecular weight is 1180 g/mol. The fourth-order valence-corrected chi connectivity index (χ4v) is 12.2. The van der Waals surface area contributed by atoms with Crippen LogP contribution in [-0.4, -0.2) is 73.4 Å². The van der Waals surface area contributed by atoms with Crippen LogP contribution in [0.1, 0.15) is 386 Å². The maximum absolute atomic E-state index is 13.1. The van der Waals surface area contributed by atoms with Gasteiger partial charge in [-0.3, -0.25) is 13.8 Å². The fourth-order valence-electron chi connectivity index (χ4n) is 11.5. The van der Waals surface area contributed by atoms with Crippen LogP contribution in [0.4, 0.5) is 0 Å². The zero-order valence-corrected chi connectivity index (χ0v) is 56.9. The molecule has 0 saturated carbocycles. The molecule has 0 aliphatic heterocycles. The van der Waals surface area contributed by atoms with Crippen molar-refractivity contribution >= 4 is 13.7 Å². The summed E-state index contributed by atoms with van der Waals surface area (Å²) in [5.41, 5.74) is 0. The summed E-state index contributed by atoms with van der Waals surface area (Å²) in [6.45, 7) is 4.88. The molecule has 0 heterocycles. The van der Waals surface area contributed by atoms with Crippen molar-refractivity contribution in [2.45, 2.75) is 398 Å². The molecule has 3 unspecified atom stereocenters. The van der Waals surface area contributed by atoms with Gasteiger partial charge in [-0.05, 0) is 44.9 Å². The molecule has 0 saturated heterocycles. The molecule has 0 aromatic carbocycles. The van der Waals surface area contributed by atoms with Gasteiger partial charge in [-0.1, -0.05) is 359 Å². The van der Waals surface area contributed by atoms with Crippen molar-refractivity contribution in [3.8, 4) is 0 Å². The number of unbranched alkanes of at least 4 members (excludes halogenated alkanes) is 54. The van der Waals surface area contributed by atoms with Crippen LogP contribution >= 0.6 is 7.82 Å². The van der Waals surface area contributed by atoms with Gasteiger partial charge in [0, 0.05) is 6.42 Å². The lowest BCUT2D eigenvalue weighted by Gasteiger charge is -2.25. The van der Waals surface area contributed by atoms with Gasteiger partial charge in [0.2, 0.25) is 5.91 Å². The monoisotopic (exact) mass is 1180 g/mol. The Kier molecular flexibility index (Phi) is 63.7. The van der Waals surface area contributed by atoms with E-state index in [4.69, 9.17) is 9.05 Å². The SMILES string of the molecule is CCCCCCCCCC/C=C\CCCCCCCCCCCCCCCCCCCCCCCCCCCCCC(=O)NC(COP(=O)(O)OCC[N+](C)(C)C)C(O)/C=C/CCCCCCCCCCCCCCCCCCCCC. The molecule has 0 fully saturated rings. The van der Waals surface area contributed by atoms with Crippen molar-refractivity contribution in [1.29, 1.82) is 0 Å². The molecule has 0 aliphatic rings. The van der Waals surface area contributed by atoms with Crippen molar-refractivity contribution in [2.24, 2.45) is 0 Å². The number of aliphatic hydroxyl groups excluding tert-OH is 1. The molecule has 82 heavy (non-hydrogen) atoms. The number of nitrogens with zero attached hydrogens (tertiary/aromatic N) is 1. The van der Waals surface area contributed by atoms with E-state index in [1.54, 1.807) is 6.08 Å². The number of nitrogens with one attached hydrogen (secondary N) is 1. The summed E-state index contributed by atoms with van der Waals surface area (Å²) in [6.07, 6.45) is 84.9. The van der Waals surface area contributed by atoms with Crippen LogP contribution < -0.4 is 5.32 Å². The Labute approximate surface area is 513 Å². The van der Waals surface area contributed by atoms with E-state index in [0.717, 1.165) is 32.1 Å². The highest BCUT2D eigenvalue weighted by Crippen LogP contribution is 2.43. The highest BCUT2D eigenvalue weighted by Gasteiger charge is 2.28. The maximum Gasteiger partial charge on any atom is 0.472 e. The van der Waals surface area contributed by atoms with E-state index in [9.17, 15) is 19.4 Å². The van der Waals surface area contributed by atoms with Gasteiger partial charge in [0.1, 0.15) is 13.2 Å². The molecule has 3 N–H and O–H groups in total. The number of phosphoric acid groups is 1. The number of carbonyl (C=O) groups is 1. The third kappa shape index (κ3) is 66.5. The minimum absolute atomic E-state index is 0.0648. The molecule has 0 bridgehead atoms. The molecule has 0 aromatic heterocycles. The maximum atomic E-state index is 13.1. The van der Waals surface area contributed by atoms with E-state index >= 15 is 0 Å². The van der Waals surface area contributed by atoms with Crippen molar-refractivity contribution in [1.82, 2.24) is 5.32 Å². The van der Waals surface area contributed by atoms with Crippen LogP contribution in [0.25, 0.3) is 0 Å². The van der Waals surface area contributed by atoms with Crippen LogP contribution in [0.5, 0.6) is 0 Å². The third-order valence-corrected chi connectivity index (χ3v) is 18.1. The number of amides is 1. The van der Waals surface area contributed by atoms with E-state index in [-0.39, 0.29) is 19.1 Å². The first-order chi connectivity index (χ1) is 40.0. The Bertz CT molecular complexity index is 1390. The Morgan fingerprint density at radius 3 is 0.939 bits per heavy atom. The van der Waals surface area contributed by atoms with Crippen molar-refractivity contribution < 1.29 is 32.9 Å². The van der Waals surface area contributed by atoms with E-state index in [0.29, 0.717) is 17.4 Å². The molecule has 0 rings (SSSR count). The number of likely N-dealkylation sites (N-methyl/N-ethyl adjacent to an activating group) is 1. The summed E-state index contributed by atoms with van der Waals surface area (Å²) in [5.74, 6) is -0.168. The topological polar surface area (TPSA) is 105 Å². The first-order valence-electron chi connectivity index (χ1n) is 36.7. The number of rotatable bonds is 69. The molecule has 488 valence electrons. The van der Waals surface area contributed by atoms with Crippen LogP contribution in [0.2, 0.25) is 0 Å². The van der Waals surface area contributed by atoms with Crippen molar-refractivity contribution in [2.75, 3.05) is 40.9 Å². The van der Waals surface area contributed by atoms with Crippen LogP contribution in [0, 0.1) is 0 Å². The molecule has 3 atom stereocenters. The molecule has 0 aliphatic carbocycles. The van der Waals surface area contributed by atoms with Crippen LogP contribution in [-0.2, 0) is 18.4 Å². The minimum atomic E-state index is -4.35. The highest BCUT2D eigenvalue weighted by atomic mass is 31.2. The molecule has 0 aromatic rings. The predicted molar refractivity (Wildman–Crippen MR) is 360 cm³/mol. The quantitative estimate of drug-likeness (QED) is 0.0243. The predicted octanol–water partition coefficient (Wildman–Crippen LogP) is 23.4. The first-order valence-corrected chi connectivity index (χ1v) is 38.2. The second kappa shape index (κ2) is 64.5. The summed E-state index contributed by atoms with van der Waals surface area (Å²) >= 11 is 0. The normalized spacial score (nSPS) is 13.7. The molecule has 9 heteroatoms. The molecule has 8 nitrogen and oxygen atoms in total. The molecule has 1 amide bonds. The summed E-state index contributed by atoms with van der Waals surface area (Å²) in [4.78, 5) is 23.4. The van der Waals surface area contributed by atoms with Gasteiger partial charge in [0.05, 0.1) is 39.9 Å². The van der Waals surface area contributed by atoms with Gasteiger partial charge in [0.25, 0.3) is 0 Å². The summed E-state index contributed by atoms with van der Waals surface area (Å²) in [6, 6.07) is -0.844. The largest absolute Gasteiger partial charge is 0.472 e. The molecule has 0 spiro atoms. The average Bonchev–Trinajstić information content (AvgIpc) is 3.46. The second-order valence-electron chi connectivity index (χ2n) is 26.7. The molecular formula is C73H146N2O6P+. The number of carbonyl (C=O) groups excluding carboxylic acids is 1. The minimum Gasteiger partial charge on any atom is -0.387 e. The van der Waals surface area contributed by atoms with Crippen molar-refractivity contribution in [3.63, 3.8) is 0 Å². The van der Waals surface area contributed by atoms with Gasteiger partial charge >= 0.3 is 7.82 Å². The lowest BCUT2D eigenvalue weighted by atomic mass is 10.0. The summed E-state index contributed by atoms with van der Waals surface area (Å²) in [5, 5.41) is 14.0. The summed E-state index contributed by atoms with van der Waals surface area (Å²) in [7, 11) is 1.59. The Balaban J connectivity index is 3.91. The second-order valence-corrected chi connectivity index (χ2v) is 28.1. The number of hydrogen-bond acceptors (Lipinski definition) is 5. The number of aliphatic hydroxyl groups is 1. The van der Waals surface area contributed by atoms with Crippen molar-refractivity contribution in [3.05, 3.63) is 24.3 Å². The standard InChI is InChI=1S/C73H145N2O6P/c1-6-8-10-12-14-16-18-20-22-24-26-28-29-30-31-32-33-34-35-36-37-38-39-40-41-42-43-44-45-47-49-51-53-55-57-59-61-63-65-67-73(77)74-71(70-81-82(78,79)80-69-68-75(3,4)5)72(76)66-64-62-60-58-56-54-52-50-48-46-27-25-23-21-19-17-15-13-11-9-7-2/h24,26,64,66,71-72,76H,6-23,25,27-63,65,67-70H2,1-5H3,(H-,74,77,78,79)/p+1/b26-24-,66-64+. The number of quaternary nitrogens is 1. The van der Waals surface area contributed by atoms with E-state index < -0.39 is 20.0 Å². The van der Waals surface area contributed by atoms with Gasteiger partial charge < -0.3 is 19.8 Å². The van der Waals surface area contributed by atoms with E-state index in [2.05, 4.69) is 31.3 Å². The number of phosphoric ester groups is 1. The fraction of sp³-hybridized carbons (Fsp3) is 0.932. The zero-order valence-electron chi connectivity index (χ0n) is 56.0. The zero-order chi connectivity index (χ0) is 59.8. The van der Waals surface area contributed by atoms with Gasteiger partial charge in [-0.2, -0.15) is 0 Å². The number of hydrogen-bond donors (Lipinski definition) is 3. The highest BCUT2D eigenvalue weighted by molar-refractivity contribution is 7.47. The molecular weight excluding hydrogens is 1030 g/mol. The summed E-state index contributed by atoms with van der Waals surface area (Å²) < 4.78 is 23.8. The Morgan fingerprint density at radius 2 is 0.659 bits per heavy atom. The Morgan fingerprint density at radius 1 is 0.402 bits per heavy atom. The first kappa shape index (κ1) is 81.0. The van der Waals surface area contributed by atoms with E-state index in [1.165, 1.54) is 334 Å². The lowest BCUT2D eigenvalue weighted by molar-refractivity contribution is -0.870. The van der Waals surface area contributed by atoms with E-state index in [1.807, 2.05) is 27.2 Å². The van der Waals surface area contributed by atoms with Gasteiger partial charge in [-0.15, -0.1) is 0 Å². The van der Waals surface area contributed by atoms with Gasteiger partial charge in [0.15, 0.2) is 0 Å². The lowest BCUT2D eigenvalue weighted by Crippen LogP contribution is -2.45.